The lowest BCUT2D eigenvalue weighted by atomic mass is 9.90. The Morgan fingerprint density at radius 2 is 2.23 bits per heavy atom. The molecule has 120 valence electrons. The Kier molecular flexibility index (Phi) is 4.31. The molecule has 1 saturated heterocycles. The highest BCUT2D eigenvalue weighted by atomic mass is 16.2. The van der Waals surface area contributed by atoms with Crippen LogP contribution in [0, 0.1) is 0 Å². The van der Waals surface area contributed by atoms with E-state index >= 15 is 0 Å². The molecule has 7 nitrogen and oxygen atoms in total. The molecule has 0 spiro atoms. The Bertz CT molecular complexity index is 530. The van der Waals surface area contributed by atoms with Gasteiger partial charge >= 0.3 is 6.03 Å². The molecule has 1 aliphatic carbocycles. The maximum atomic E-state index is 12.4. The van der Waals surface area contributed by atoms with Gasteiger partial charge in [0.15, 0.2) is 0 Å². The van der Waals surface area contributed by atoms with Gasteiger partial charge < -0.3 is 10.2 Å². The second-order valence-corrected chi connectivity index (χ2v) is 5.98. The Labute approximate surface area is 130 Å². The summed E-state index contributed by atoms with van der Waals surface area (Å²) in [4.78, 5) is 27.5. The predicted molar refractivity (Wildman–Crippen MR) is 81.0 cm³/mol. The van der Waals surface area contributed by atoms with Gasteiger partial charge in [0.2, 0.25) is 5.91 Å². The van der Waals surface area contributed by atoms with E-state index in [0.29, 0.717) is 13.2 Å². The number of nitrogens with one attached hydrogen (secondary N) is 1. The molecule has 1 aromatic heterocycles. The first-order valence-corrected chi connectivity index (χ1v) is 8.01. The number of amides is 3. The van der Waals surface area contributed by atoms with Gasteiger partial charge in [0.1, 0.15) is 6.54 Å². The Morgan fingerprint density at radius 1 is 1.41 bits per heavy atom. The number of likely N-dealkylation sites (N-methyl/N-ethyl adjacent to an activating group) is 1. The van der Waals surface area contributed by atoms with Gasteiger partial charge in [-0.3, -0.25) is 14.4 Å². The van der Waals surface area contributed by atoms with Crippen LogP contribution in [0.5, 0.6) is 0 Å². The van der Waals surface area contributed by atoms with E-state index in [4.69, 9.17) is 0 Å². The minimum absolute atomic E-state index is 0.0184. The third-order valence-corrected chi connectivity index (χ3v) is 4.59. The molecule has 22 heavy (non-hydrogen) atoms. The monoisotopic (exact) mass is 305 g/mol. The molecule has 1 aliphatic heterocycles. The molecule has 1 aromatic rings. The summed E-state index contributed by atoms with van der Waals surface area (Å²) in [5, 5.41) is 7.43. The number of hydrogen-bond acceptors (Lipinski definition) is 3. The van der Waals surface area contributed by atoms with Crippen LogP contribution >= 0.6 is 0 Å². The third-order valence-electron chi connectivity index (χ3n) is 4.59. The average Bonchev–Trinajstić information content (AvgIpc) is 3.17. The molecule has 2 aliphatic rings. The van der Waals surface area contributed by atoms with E-state index in [1.807, 2.05) is 23.9 Å². The standard InChI is InChI=1S/C15H23N5O2/c1-2-18-11-19(10-14(18)21)15(22)17-12-6-3-4-7-13(12)20-9-5-8-16-20/h5,8-9,12-13H,2-4,6-7,10-11H2,1H3,(H,17,22)/t12-,13-/m1/s1. The van der Waals surface area contributed by atoms with Gasteiger partial charge in [0.05, 0.1) is 18.8 Å². The van der Waals surface area contributed by atoms with Gasteiger partial charge in [0.25, 0.3) is 0 Å². The molecule has 3 rings (SSSR count). The molecule has 1 N–H and O–H groups in total. The number of nitrogens with zero attached hydrogens (tertiary/aromatic N) is 4. The summed E-state index contributed by atoms with van der Waals surface area (Å²) in [5.41, 5.74) is 0. The molecule has 7 heteroatoms. The molecule has 2 heterocycles. The first-order valence-electron chi connectivity index (χ1n) is 8.01. The third kappa shape index (κ3) is 2.93. The molecular weight excluding hydrogens is 282 g/mol. The van der Waals surface area contributed by atoms with Gasteiger partial charge in [-0.1, -0.05) is 12.8 Å². The zero-order chi connectivity index (χ0) is 15.5. The summed E-state index contributed by atoms with van der Waals surface area (Å²) in [6.45, 7) is 3.13. The summed E-state index contributed by atoms with van der Waals surface area (Å²) in [5.74, 6) is 0.0184. The molecule has 0 bridgehead atoms. The van der Waals surface area contributed by atoms with Crippen LogP contribution in [-0.4, -0.2) is 57.3 Å². The SMILES string of the molecule is CCN1CN(C(=O)N[C@@H]2CCCC[C@H]2n2cccn2)CC1=O. The first-order chi connectivity index (χ1) is 10.7. The lowest BCUT2D eigenvalue weighted by Gasteiger charge is -2.33. The van der Waals surface area contributed by atoms with Gasteiger partial charge in [0, 0.05) is 18.9 Å². The van der Waals surface area contributed by atoms with Crippen molar-refractivity contribution in [1.82, 2.24) is 24.9 Å². The second-order valence-electron chi connectivity index (χ2n) is 5.98. The van der Waals surface area contributed by atoms with E-state index in [-0.39, 0.29) is 30.6 Å². The van der Waals surface area contributed by atoms with E-state index in [9.17, 15) is 9.59 Å². The first kappa shape index (κ1) is 14.9. The molecular formula is C15H23N5O2. The molecule has 0 radical (unpaired) electrons. The summed E-state index contributed by atoms with van der Waals surface area (Å²) >= 11 is 0. The summed E-state index contributed by atoms with van der Waals surface area (Å²) in [6, 6.07) is 2.04. The minimum atomic E-state index is -0.145. The quantitative estimate of drug-likeness (QED) is 0.912. The van der Waals surface area contributed by atoms with E-state index in [1.165, 1.54) is 0 Å². The van der Waals surface area contributed by atoms with Crippen molar-refractivity contribution in [3.05, 3.63) is 18.5 Å². The maximum absolute atomic E-state index is 12.4. The number of carbonyl (C=O) groups excluding carboxylic acids is 2. The van der Waals surface area contributed by atoms with Crippen molar-refractivity contribution in [1.29, 1.82) is 0 Å². The maximum Gasteiger partial charge on any atom is 0.319 e. The average molecular weight is 305 g/mol. The van der Waals surface area contributed by atoms with Gasteiger partial charge in [-0.2, -0.15) is 5.10 Å². The van der Waals surface area contributed by atoms with Crippen LogP contribution in [0.3, 0.4) is 0 Å². The van der Waals surface area contributed by atoms with Gasteiger partial charge in [-0.25, -0.2) is 4.79 Å². The molecule has 2 fully saturated rings. The number of urea groups is 1. The van der Waals surface area contributed by atoms with E-state index in [1.54, 1.807) is 16.0 Å². The summed E-state index contributed by atoms with van der Waals surface area (Å²) < 4.78 is 1.94. The van der Waals surface area contributed by atoms with Crippen molar-refractivity contribution in [2.45, 2.75) is 44.7 Å². The zero-order valence-corrected chi connectivity index (χ0v) is 12.9. The Hall–Kier alpha value is -2.05. The zero-order valence-electron chi connectivity index (χ0n) is 12.9. The molecule has 1 saturated carbocycles. The fraction of sp³-hybridized carbons (Fsp3) is 0.667. The van der Waals surface area contributed by atoms with Crippen LogP contribution < -0.4 is 5.32 Å². The second kappa shape index (κ2) is 6.37. The topological polar surface area (TPSA) is 70.5 Å². The lowest BCUT2D eigenvalue weighted by molar-refractivity contribution is -0.126. The fourth-order valence-corrected chi connectivity index (χ4v) is 3.33. The van der Waals surface area contributed by atoms with Crippen LogP contribution in [0.25, 0.3) is 0 Å². The van der Waals surface area contributed by atoms with Crippen molar-refractivity contribution in [3.63, 3.8) is 0 Å². The van der Waals surface area contributed by atoms with E-state index in [0.717, 1.165) is 25.7 Å². The highest BCUT2D eigenvalue weighted by Gasteiger charge is 2.33. The van der Waals surface area contributed by atoms with Crippen LogP contribution in [0.1, 0.15) is 38.6 Å². The van der Waals surface area contributed by atoms with E-state index < -0.39 is 0 Å². The van der Waals surface area contributed by atoms with Gasteiger partial charge in [-0.15, -0.1) is 0 Å². The largest absolute Gasteiger partial charge is 0.333 e. The van der Waals surface area contributed by atoms with Crippen LogP contribution in [0.4, 0.5) is 4.79 Å². The van der Waals surface area contributed by atoms with Crippen molar-refractivity contribution in [2.75, 3.05) is 19.8 Å². The molecule has 2 atom stereocenters. The summed E-state index contributed by atoms with van der Waals surface area (Å²) in [7, 11) is 0. The van der Waals surface area contributed by atoms with Crippen molar-refractivity contribution in [2.24, 2.45) is 0 Å². The highest BCUT2D eigenvalue weighted by Crippen LogP contribution is 2.28. The van der Waals surface area contributed by atoms with Gasteiger partial charge in [-0.05, 0) is 25.8 Å². The predicted octanol–water partition coefficient (Wildman–Crippen LogP) is 1.20. The van der Waals surface area contributed by atoms with Crippen LogP contribution in [0.2, 0.25) is 0 Å². The van der Waals surface area contributed by atoms with Crippen molar-refractivity contribution in [3.8, 4) is 0 Å². The minimum Gasteiger partial charge on any atom is -0.333 e. The van der Waals surface area contributed by atoms with E-state index in [2.05, 4.69) is 10.4 Å². The highest BCUT2D eigenvalue weighted by molar-refractivity contribution is 5.87. The number of aromatic nitrogens is 2. The van der Waals surface area contributed by atoms with Crippen molar-refractivity contribution < 1.29 is 9.59 Å². The number of carbonyl (C=O) groups is 2. The molecule has 0 aromatic carbocycles. The van der Waals surface area contributed by atoms with Crippen LogP contribution in [0.15, 0.2) is 18.5 Å². The van der Waals surface area contributed by atoms with Crippen LogP contribution in [-0.2, 0) is 4.79 Å². The van der Waals surface area contributed by atoms with Crippen molar-refractivity contribution >= 4 is 11.9 Å². The molecule has 3 amide bonds. The summed E-state index contributed by atoms with van der Waals surface area (Å²) in [6.07, 6.45) is 7.96. The lowest BCUT2D eigenvalue weighted by Crippen LogP contribution is -2.48. The normalized spacial score (nSPS) is 25.6. The smallest absolute Gasteiger partial charge is 0.319 e. The Morgan fingerprint density at radius 3 is 2.91 bits per heavy atom. The number of hydrogen-bond donors (Lipinski definition) is 1. The molecule has 0 unspecified atom stereocenters. The Balaban J connectivity index is 1.63. The fourth-order valence-electron chi connectivity index (χ4n) is 3.33. The number of rotatable bonds is 3.